The zero-order valence-electron chi connectivity index (χ0n) is 20.9. The standard InChI is InChI=1S/C29H32N6O/c1-20(2)33-13-15-34(16-14-33)25-11-7-21(8-12-25)26-19-35-27(17-31-28(35)18-30-26)22-3-5-23(6-4-22)29(36)32-24-9-10-24/h3-8,11-12,17-20,24H,9-10,13-16H2,1-2H3,(H,32,36). The number of amides is 1. The summed E-state index contributed by atoms with van der Waals surface area (Å²) in [7, 11) is 0. The van der Waals surface area contributed by atoms with Gasteiger partial charge in [0.05, 0.1) is 23.8 Å². The van der Waals surface area contributed by atoms with Crippen LogP contribution in [0.2, 0.25) is 0 Å². The van der Waals surface area contributed by atoms with Crippen molar-refractivity contribution in [2.45, 2.75) is 38.8 Å². The molecule has 1 aliphatic carbocycles. The summed E-state index contributed by atoms with van der Waals surface area (Å²) in [5, 5.41) is 3.04. The van der Waals surface area contributed by atoms with E-state index in [1.54, 1.807) is 0 Å². The van der Waals surface area contributed by atoms with Crippen LogP contribution in [0.1, 0.15) is 37.0 Å². The third-order valence-corrected chi connectivity index (χ3v) is 7.32. The molecule has 4 aromatic rings. The molecule has 1 aliphatic heterocycles. The summed E-state index contributed by atoms with van der Waals surface area (Å²) in [5.41, 5.74) is 6.71. The molecule has 3 heterocycles. The van der Waals surface area contributed by atoms with Crippen molar-refractivity contribution < 1.29 is 4.79 Å². The Kier molecular flexibility index (Phi) is 5.93. The average molecular weight is 481 g/mol. The Balaban J connectivity index is 1.21. The summed E-state index contributed by atoms with van der Waals surface area (Å²) < 4.78 is 2.07. The molecule has 2 fully saturated rings. The molecule has 0 atom stereocenters. The van der Waals surface area contributed by atoms with Crippen LogP contribution in [-0.2, 0) is 0 Å². The third-order valence-electron chi connectivity index (χ3n) is 7.32. The van der Waals surface area contributed by atoms with Gasteiger partial charge >= 0.3 is 0 Å². The maximum atomic E-state index is 12.3. The van der Waals surface area contributed by atoms with Gasteiger partial charge in [0.2, 0.25) is 0 Å². The number of nitrogens with zero attached hydrogens (tertiary/aromatic N) is 5. The highest BCUT2D eigenvalue weighted by molar-refractivity contribution is 5.95. The number of piperazine rings is 1. The van der Waals surface area contributed by atoms with E-state index in [2.05, 4.69) is 67.6 Å². The second kappa shape index (κ2) is 9.39. The first-order valence-corrected chi connectivity index (χ1v) is 12.9. The molecule has 1 amide bonds. The molecule has 6 rings (SSSR count). The summed E-state index contributed by atoms with van der Waals surface area (Å²) in [5.74, 6) is -0.000994. The number of rotatable bonds is 6. The van der Waals surface area contributed by atoms with Crippen molar-refractivity contribution >= 4 is 17.2 Å². The lowest BCUT2D eigenvalue weighted by atomic mass is 10.1. The van der Waals surface area contributed by atoms with Crippen LogP contribution in [-0.4, -0.2) is 63.4 Å². The number of imidazole rings is 1. The Hall–Kier alpha value is -3.71. The fraction of sp³-hybridized carbons (Fsp3) is 0.345. The number of anilines is 1. The van der Waals surface area contributed by atoms with Crippen molar-refractivity contribution in [3.63, 3.8) is 0 Å². The highest BCUT2D eigenvalue weighted by atomic mass is 16.1. The molecule has 1 saturated heterocycles. The van der Waals surface area contributed by atoms with Gasteiger partial charge in [-0.3, -0.25) is 19.1 Å². The van der Waals surface area contributed by atoms with E-state index in [0.717, 1.165) is 67.2 Å². The molecule has 0 unspecified atom stereocenters. The van der Waals surface area contributed by atoms with Crippen molar-refractivity contribution in [2.75, 3.05) is 31.1 Å². The number of fused-ring (bicyclic) bond motifs is 1. The maximum absolute atomic E-state index is 12.3. The molecular weight excluding hydrogens is 448 g/mol. The van der Waals surface area contributed by atoms with Crippen LogP contribution in [0.25, 0.3) is 28.2 Å². The topological polar surface area (TPSA) is 65.8 Å². The third kappa shape index (κ3) is 4.58. The summed E-state index contributed by atoms with van der Waals surface area (Å²) >= 11 is 0. The number of benzene rings is 2. The Bertz CT molecular complexity index is 1360. The lowest BCUT2D eigenvalue weighted by Gasteiger charge is -2.38. The first-order chi connectivity index (χ1) is 17.5. The molecule has 2 aromatic heterocycles. The monoisotopic (exact) mass is 480 g/mol. The van der Waals surface area contributed by atoms with Gasteiger partial charge in [-0.15, -0.1) is 0 Å². The fourth-order valence-electron chi connectivity index (χ4n) is 4.88. The Morgan fingerprint density at radius 3 is 2.25 bits per heavy atom. The van der Waals surface area contributed by atoms with Crippen molar-refractivity contribution in [1.82, 2.24) is 24.6 Å². The minimum Gasteiger partial charge on any atom is -0.369 e. The summed E-state index contributed by atoms with van der Waals surface area (Å²) in [4.78, 5) is 26.5. The van der Waals surface area contributed by atoms with Crippen LogP contribution in [0.3, 0.4) is 0 Å². The highest BCUT2D eigenvalue weighted by Gasteiger charge is 2.24. The molecule has 2 aliphatic rings. The van der Waals surface area contributed by atoms with Crippen LogP contribution in [0, 0.1) is 0 Å². The number of carbonyl (C=O) groups excluding carboxylic acids is 1. The maximum Gasteiger partial charge on any atom is 0.251 e. The highest BCUT2D eigenvalue weighted by Crippen LogP contribution is 2.26. The predicted octanol–water partition coefficient (Wildman–Crippen LogP) is 4.49. The number of hydrogen-bond donors (Lipinski definition) is 1. The fourth-order valence-corrected chi connectivity index (χ4v) is 4.88. The average Bonchev–Trinajstić information content (AvgIpc) is 3.63. The smallest absolute Gasteiger partial charge is 0.251 e. The molecular formula is C29H32N6O. The quantitative estimate of drug-likeness (QED) is 0.441. The molecule has 36 heavy (non-hydrogen) atoms. The van der Waals surface area contributed by atoms with Crippen molar-refractivity contribution in [3.8, 4) is 22.5 Å². The van der Waals surface area contributed by atoms with Gasteiger partial charge in [0.25, 0.3) is 5.91 Å². The molecule has 1 N–H and O–H groups in total. The van der Waals surface area contributed by atoms with E-state index in [9.17, 15) is 4.79 Å². The molecule has 184 valence electrons. The largest absolute Gasteiger partial charge is 0.369 e. The van der Waals surface area contributed by atoms with E-state index in [1.807, 2.05) is 42.9 Å². The normalized spacial score (nSPS) is 16.6. The van der Waals surface area contributed by atoms with Crippen molar-refractivity contribution in [1.29, 1.82) is 0 Å². The van der Waals surface area contributed by atoms with Gasteiger partial charge in [-0.1, -0.05) is 24.3 Å². The molecule has 2 aromatic carbocycles. The Labute approximate surface area is 211 Å². The second-order valence-corrected chi connectivity index (χ2v) is 10.1. The number of carbonyl (C=O) groups is 1. The zero-order chi connectivity index (χ0) is 24.6. The first-order valence-electron chi connectivity index (χ1n) is 12.9. The lowest BCUT2D eigenvalue weighted by Crippen LogP contribution is -2.48. The Morgan fingerprint density at radius 2 is 1.58 bits per heavy atom. The van der Waals surface area contributed by atoms with Crippen LogP contribution >= 0.6 is 0 Å². The number of nitrogens with one attached hydrogen (secondary N) is 1. The van der Waals surface area contributed by atoms with Crippen LogP contribution in [0.4, 0.5) is 5.69 Å². The number of hydrogen-bond acceptors (Lipinski definition) is 5. The molecule has 1 saturated carbocycles. The number of aromatic nitrogens is 3. The predicted molar refractivity (Wildman–Crippen MR) is 143 cm³/mol. The van der Waals surface area contributed by atoms with Gasteiger partial charge in [-0.05, 0) is 51.0 Å². The molecule has 7 nitrogen and oxygen atoms in total. The Morgan fingerprint density at radius 1 is 0.889 bits per heavy atom. The lowest BCUT2D eigenvalue weighted by molar-refractivity contribution is 0.0951. The first kappa shape index (κ1) is 22.7. The van der Waals surface area contributed by atoms with Crippen molar-refractivity contribution in [3.05, 3.63) is 72.7 Å². The molecule has 0 spiro atoms. The van der Waals surface area contributed by atoms with E-state index in [0.29, 0.717) is 17.6 Å². The molecule has 0 radical (unpaired) electrons. The van der Waals surface area contributed by atoms with E-state index < -0.39 is 0 Å². The molecule has 7 heteroatoms. The summed E-state index contributed by atoms with van der Waals surface area (Å²) in [6.07, 6.45) is 7.89. The SMILES string of the molecule is CC(C)N1CCN(c2ccc(-c3cn4c(-c5ccc(C(=O)NC6CC6)cc5)cnc4cn3)cc2)CC1. The van der Waals surface area contributed by atoms with Gasteiger partial charge in [0.1, 0.15) is 0 Å². The zero-order valence-corrected chi connectivity index (χ0v) is 20.9. The summed E-state index contributed by atoms with van der Waals surface area (Å²) in [6.45, 7) is 8.86. The minimum absolute atomic E-state index is 0.000994. The van der Waals surface area contributed by atoms with Crippen molar-refractivity contribution in [2.24, 2.45) is 0 Å². The molecule has 0 bridgehead atoms. The van der Waals surface area contributed by atoms with Gasteiger partial charge in [0, 0.05) is 66.8 Å². The van der Waals surface area contributed by atoms with Crippen LogP contribution in [0.5, 0.6) is 0 Å². The van der Waals surface area contributed by atoms with E-state index in [4.69, 9.17) is 0 Å². The van der Waals surface area contributed by atoms with E-state index >= 15 is 0 Å². The van der Waals surface area contributed by atoms with Gasteiger partial charge in [-0.25, -0.2) is 4.98 Å². The van der Waals surface area contributed by atoms with Gasteiger partial charge in [-0.2, -0.15) is 0 Å². The van der Waals surface area contributed by atoms with Gasteiger partial charge in [0.15, 0.2) is 5.65 Å². The summed E-state index contributed by atoms with van der Waals surface area (Å²) in [6, 6.07) is 17.4. The van der Waals surface area contributed by atoms with Crippen LogP contribution < -0.4 is 10.2 Å². The van der Waals surface area contributed by atoms with Crippen LogP contribution in [0.15, 0.2) is 67.1 Å². The van der Waals surface area contributed by atoms with E-state index in [-0.39, 0.29) is 5.91 Å². The minimum atomic E-state index is -0.000994. The van der Waals surface area contributed by atoms with Gasteiger partial charge < -0.3 is 10.2 Å². The second-order valence-electron chi connectivity index (χ2n) is 10.1. The van der Waals surface area contributed by atoms with E-state index in [1.165, 1.54) is 5.69 Å².